The molecule has 5 nitrogen and oxygen atoms in total. The van der Waals surface area contributed by atoms with Crippen LogP contribution < -0.4 is 0 Å². The fourth-order valence-electron chi connectivity index (χ4n) is 7.09. The number of hydrogen-bond acceptors (Lipinski definition) is 4. The maximum absolute atomic E-state index is 6.41. The predicted octanol–water partition coefficient (Wildman–Crippen LogP) is 11.5. The van der Waals surface area contributed by atoms with Gasteiger partial charge in [-0.05, 0) is 52.6 Å². The zero-order chi connectivity index (χ0) is 33.0. The fraction of sp³-hybridized carbons (Fsp3) is 0. The van der Waals surface area contributed by atoms with E-state index in [4.69, 9.17) is 19.4 Å². The topological polar surface area (TPSA) is 56.7 Å². The second-order valence-electron chi connectivity index (χ2n) is 12.5. The Bertz CT molecular complexity index is 2840. The first-order valence-electron chi connectivity index (χ1n) is 16.7. The molecule has 0 saturated carbocycles. The van der Waals surface area contributed by atoms with Crippen LogP contribution in [0.1, 0.15) is 0 Å². The number of fused-ring (bicyclic) bond motifs is 7. The molecule has 0 aliphatic heterocycles. The standard InChI is InChI=1S/C45H28N4O/c1-4-12-29(13-5-1)31-20-22-33(23-21-31)44-46-43(32-16-8-3-9-17-32)47-45(48-44)49-38-26-24-34(30-14-6-2-7-15-30)28-37(38)35-25-27-40-41(42(35)49)36-18-10-11-19-39(36)50-40/h1-28H. The highest BCUT2D eigenvalue weighted by molar-refractivity contribution is 6.24. The molecule has 0 spiro atoms. The zero-order valence-corrected chi connectivity index (χ0v) is 26.9. The molecule has 0 aliphatic carbocycles. The lowest BCUT2D eigenvalue weighted by molar-refractivity contribution is 0.669. The van der Waals surface area contributed by atoms with Gasteiger partial charge < -0.3 is 4.42 Å². The third-order valence-corrected chi connectivity index (χ3v) is 9.48. The second-order valence-corrected chi connectivity index (χ2v) is 12.5. The molecule has 0 unspecified atom stereocenters. The minimum atomic E-state index is 0.547. The SMILES string of the molecule is c1ccc(-c2ccc(-c3nc(-c4ccccc4)nc(-n4c5ccc(-c6ccccc6)cc5c5ccc6oc7ccccc7c6c54)n3)cc2)cc1. The van der Waals surface area contributed by atoms with Crippen LogP contribution in [0.3, 0.4) is 0 Å². The summed E-state index contributed by atoms with van der Waals surface area (Å²) < 4.78 is 8.60. The van der Waals surface area contributed by atoms with Crippen LogP contribution in [-0.2, 0) is 0 Å². The van der Waals surface area contributed by atoms with Crippen molar-refractivity contribution in [3.63, 3.8) is 0 Å². The van der Waals surface area contributed by atoms with Crippen LogP contribution in [0.15, 0.2) is 174 Å². The van der Waals surface area contributed by atoms with Crippen molar-refractivity contribution in [3.05, 3.63) is 170 Å². The lowest BCUT2D eigenvalue weighted by Gasteiger charge is -2.12. The van der Waals surface area contributed by atoms with Crippen molar-refractivity contribution in [2.75, 3.05) is 0 Å². The van der Waals surface area contributed by atoms with Crippen LogP contribution in [0.5, 0.6) is 0 Å². The summed E-state index contributed by atoms with van der Waals surface area (Å²) in [6, 6.07) is 58.6. The quantitative estimate of drug-likeness (QED) is 0.188. The molecule has 0 saturated heterocycles. The maximum atomic E-state index is 6.41. The number of para-hydroxylation sites is 1. The van der Waals surface area contributed by atoms with Crippen LogP contribution in [0.4, 0.5) is 0 Å². The van der Waals surface area contributed by atoms with Crippen molar-refractivity contribution in [1.29, 1.82) is 0 Å². The van der Waals surface area contributed by atoms with Gasteiger partial charge in [0.15, 0.2) is 11.6 Å². The lowest BCUT2D eigenvalue weighted by Crippen LogP contribution is -2.06. The first-order chi connectivity index (χ1) is 24.8. The average molecular weight is 641 g/mol. The Hall–Kier alpha value is -6.85. The van der Waals surface area contributed by atoms with Gasteiger partial charge >= 0.3 is 0 Å². The molecule has 0 amide bonds. The van der Waals surface area contributed by atoms with Crippen molar-refractivity contribution < 1.29 is 4.42 Å². The molecular formula is C45H28N4O. The van der Waals surface area contributed by atoms with Crippen molar-refractivity contribution in [3.8, 4) is 51.0 Å². The molecule has 3 aromatic heterocycles. The van der Waals surface area contributed by atoms with Crippen LogP contribution in [0.2, 0.25) is 0 Å². The molecule has 10 rings (SSSR count). The van der Waals surface area contributed by atoms with Crippen LogP contribution in [0.25, 0.3) is 94.7 Å². The van der Waals surface area contributed by atoms with Gasteiger partial charge in [0, 0.05) is 27.3 Å². The van der Waals surface area contributed by atoms with E-state index >= 15 is 0 Å². The Kier molecular flexibility index (Phi) is 6.42. The van der Waals surface area contributed by atoms with E-state index < -0.39 is 0 Å². The van der Waals surface area contributed by atoms with E-state index in [1.165, 1.54) is 0 Å². The first-order valence-corrected chi connectivity index (χ1v) is 16.7. The van der Waals surface area contributed by atoms with Crippen molar-refractivity contribution in [2.45, 2.75) is 0 Å². The minimum absolute atomic E-state index is 0.547. The van der Waals surface area contributed by atoms with Crippen molar-refractivity contribution >= 4 is 43.7 Å². The number of benzene rings is 7. The largest absolute Gasteiger partial charge is 0.456 e. The monoisotopic (exact) mass is 640 g/mol. The van der Waals surface area contributed by atoms with E-state index in [0.717, 1.165) is 77.1 Å². The van der Waals surface area contributed by atoms with Gasteiger partial charge in [0.05, 0.1) is 16.4 Å². The van der Waals surface area contributed by atoms with Gasteiger partial charge in [-0.1, -0.05) is 140 Å². The van der Waals surface area contributed by atoms with Crippen molar-refractivity contribution in [1.82, 2.24) is 19.5 Å². The molecule has 7 aromatic carbocycles. The third kappa shape index (κ3) is 4.60. The summed E-state index contributed by atoms with van der Waals surface area (Å²) in [6.45, 7) is 0. The van der Waals surface area contributed by atoms with Crippen LogP contribution in [0, 0.1) is 0 Å². The summed E-state index contributed by atoms with van der Waals surface area (Å²) >= 11 is 0. The predicted molar refractivity (Wildman–Crippen MR) is 203 cm³/mol. The molecule has 50 heavy (non-hydrogen) atoms. The number of rotatable bonds is 5. The third-order valence-electron chi connectivity index (χ3n) is 9.48. The zero-order valence-electron chi connectivity index (χ0n) is 26.9. The summed E-state index contributed by atoms with van der Waals surface area (Å²) in [7, 11) is 0. The Balaban J connectivity index is 1.27. The van der Waals surface area contributed by atoms with E-state index in [-0.39, 0.29) is 0 Å². The molecule has 5 heteroatoms. The molecule has 0 radical (unpaired) electrons. The number of aromatic nitrogens is 4. The Morgan fingerprint density at radius 1 is 0.380 bits per heavy atom. The molecule has 10 aromatic rings. The summed E-state index contributed by atoms with van der Waals surface area (Å²) in [5, 5.41) is 4.30. The Morgan fingerprint density at radius 2 is 0.920 bits per heavy atom. The van der Waals surface area contributed by atoms with E-state index in [1.807, 2.05) is 54.6 Å². The number of nitrogens with zero attached hydrogens (tertiary/aromatic N) is 4. The average Bonchev–Trinajstić information content (AvgIpc) is 3.74. The molecule has 0 atom stereocenters. The first kappa shape index (κ1) is 28.2. The highest BCUT2D eigenvalue weighted by atomic mass is 16.3. The minimum Gasteiger partial charge on any atom is -0.456 e. The molecular weight excluding hydrogens is 613 g/mol. The molecule has 0 bridgehead atoms. The lowest BCUT2D eigenvalue weighted by atomic mass is 10.0. The normalized spacial score (nSPS) is 11.6. The summed E-state index contributed by atoms with van der Waals surface area (Å²) in [5.41, 5.74) is 10.1. The number of hydrogen-bond donors (Lipinski definition) is 0. The van der Waals surface area contributed by atoms with Gasteiger partial charge in [0.2, 0.25) is 5.95 Å². The van der Waals surface area contributed by atoms with Gasteiger partial charge in [-0.15, -0.1) is 0 Å². The maximum Gasteiger partial charge on any atom is 0.238 e. The van der Waals surface area contributed by atoms with Gasteiger partial charge in [0.1, 0.15) is 11.2 Å². The van der Waals surface area contributed by atoms with Gasteiger partial charge in [-0.25, -0.2) is 4.98 Å². The van der Waals surface area contributed by atoms with E-state index in [2.05, 4.69) is 120 Å². The van der Waals surface area contributed by atoms with E-state index in [1.54, 1.807) is 0 Å². The molecule has 3 heterocycles. The van der Waals surface area contributed by atoms with Crippen LogP contribution in [-0.4, -0.2) is 19.5 Å². The van der Waals surface area contributed by atoms with Crippen molar-refractivity contribution in [2.24, 2.45) is 0 Å². The summed E-state index contributed by atoms with van der Waals surface area (Å²) in [4.78, 5) is 15.5. The summed E-state index contributed by atoms with van der Waals surface area (Å²) in [5.74, 6) is 1.76. The molecule has 0 aliphatic rings. The van der Waals surface area contributed by atoms with E-state index in [0.29, 0.717) is 17.6 Å². The second kappa shape index (κ2) is 11.4. The smallest absolute Gasteiger partial charge is 0.238 e. The van der Waals surface area contributed by atoms with E-state index in [9.17, 15) is 0 Å². The summed E-state index contributed by atoms with van der Waals surface area (Å²) in [6.07, 6.45) is 0. The molecule has 0 N–H and O–H groups in total. The van der Waals surface area contributed by atoms with Gasteiger partial charge in [-0.2, -0.15) is 9.97 Å². The fourth-order valence-corrected chi connectivity index (χ4v) is 7.09. The Morgan fingerprint density at radius 3 is 1.62 bits per heavy atom. The number of furan rings is 1. The van der Waals surface area contributed by atoms with Gasteiger partial charge in [0.25, 0.3) is 0 Å². The Labute approximate surface area is 287 Å². The van der Waals surface area contributed by atoms with Gasteiger partial charge in [-0.3, -0.25) is 4.57 Å². The van der Waals surface area contributed by atoms with Crippen LogP contribution >= 0.6 is 0 Å². The molecule has 0 fully saturated rings. The highest BCUT2D eigenvalue weighted by Gasteiger charge is 2.22. The molecule has 234 valence electrons. The highest BCUT2D eigenvalue weighted by Crippen LogP contribution is 2.41.